The highest BCUT2D eigenvalue weighted by atomic mass is 32.2. The van der Waals surface area contributed by atoms with E-state index < -0.39 is 81.7 Å². The van der Waals surface area contributed by atoms with Crippen LogP contribution in [-0.4, -0.2) is 90.7 Å². The van der Waals surface area contributed by atoms with Crippen LogP contribution in [0, 0.1) is 63.2 Å². The van der Waals surface area contributed by atoms with Crippen molar-refractivity contribution in [3.05, 3.63) is 134 Å². The molecule has 25 heteroatoms. The minimum Gasteiger partial charge on any atom is -0.469 e. The van der Waals surface area contributed by atoms with Crippen LogP contribution in [0.1, 0.15) is 140 Å². The summed E-state index contributed by atoms with van der Waals surface area (Å²) in [6.45, 7) is 11.4. The number of hydrogen-bond donors (Lipinski definition) is 0. The van der Waals surface area contributed by atoms with Gasteiger partial charge in [-0.3, -0.25) is 4.79 Å². The van der Waals surface area contributed by atoms with Crippen molar-refractivity contribution in [1.29, 1.82) is 0 Å². The number of methoxy groups -OCH3 is 3. The molecule has 86 heavy (non-hydrogen) atoms. The molecule has 0 saturated carbocycles. The van der Waals surface area contributed by atoms with Crippen molar-refractivity contribution in [2.75, 3.05) is 34.9 Å². The fourth-order valence-electron chi connectivity index (χ4n) is 9.33. The number of esters is 1. The van der Waals surface area contributed by atoms with E-state index in [1.54, 1.807) is 32.9 Å². The van der Waals surface area contributed by atoms with Crippen molar-refractivity contribution in [3.8, 4) is 41.3 Å². The average Bonchev–Trinajstić information content (AvgIpc) is 0.978. The molecule has 0 aromatic heterocycles. The number of unbranched alkanes of at least 4 members (excludes halogenated alkanes) is 2. The normalized spacial score (nSPS) is 12.8. The molecule has 474 valence electrons. The molecule has 0 fully saturated rings. The molecule has 0 aliphatic carbocycles. The lowest BCUT2D eigenvalue weighted by Gasteiger charge is -2.34. The summed E-state index contributed by atoms with van der Waals surface area (Å²) in [5.41, 5.74) is -10.9. The highest BCUT2D eigenvalue weighted by molar-refractivity contribution is 7.88. The summed E-state index contributed by atoms with van der Waals surface area (Å²) in [4.78, 5) is 11.2. The Kier molecular flexibility index (Phi) is 25.3. The molecule has 0 aliphatic rings. The Balaban J connectivity index is 0.000000451. The van der Waals surface area contributed by atoms with Gasteiger partial charge in [0, 0.05) is 54.6 Å². The monoisotopic (exact) mass is 1260 g/mol. The summed E-state index contributed by atoms with van der Waals surface area (Å²) < 4.78 is 251. The SMILES string of the molecule is CCC(CC)(c1ccc(C#CC(OCOC)(C(F)(F)F)C(F)(F)F)c(C)c1)c1ccc(OS(=O)(=O)C(F)(F)F)c(C)c1.CCC(CC)(c1ccc(C#CCCCCC(=O)OC)c(C)c1)c1ccc(C#CC(OCOC)(C(F)(F)F)C(F)(F)F)c(C)c1. The van der Waals surface area contributed by atoms with Gasteiger partial charge in [0.2, 0.25) is 0 Å². The maximum atomic E-state index is 13.7. The number of carbonyl (C=O) groups is 1. The van der Waals surface area contributed by atoms with E-state index in [2.05, 4.69) is 51.7 Å². The Labute approximate surface area is 490 Å². The van der Waals surface area contributed by atoms with Crippen LogP contribution >= 0.6 is 0 Å². The third kappa shape index (κ3) is 16.8. The number of aryl methyl sites for hydroxylation is 4. The second-order valence-electron chi connectivity index (χ2n) is 19.7. The number of benzene rings is 4. The molecule has 0 aliphatic heterocycles. The van der Waals surface area contributed by atoms with Crippen LogP contribution in [0.5, 0.6) is 5.75 Å². The number of halogens is 15. The Hall–Kier alpha value is -6.43. The summed E-state index contributed by atoms with van der Waals surface area (Å²) in [5.74, 6) is 12.1. The van der Waals surface area contributed by atoms with Crippen LogP contribution in [0.3, 0.4) is 0 Å². The molecule has 0 radical (unpaired) electrons. The standard InChI is InChI=1S/C34H38F6O4.C27H27F9O5S/c1-7-31(8-2,28-17-15-26(24(3)21-28)13-11-9-10-12-14-30(41)43-6)29-18-16-27(25(4)22-29)19-20-32(33(35,36)37,34(38,39)40)44-23-42-5;1-6-23(7-2,21-10-11-22(18(4)15-21)41-42(37,38)27(34,35)36)20-9-8-19(17(3)14-20)12-13-24(25(28,29)30,26(31,32)33)40-16-39-5/h15-18,21-22H,7-10,12,14,23H2,1-6H3;8-11,14-15H,6-7,16H2,1-5H3. The maximum Gasteiger partial charge on any atom is 0.534 e. The van der Waals surface area contributed by atoms with Crippen molar-refractivity contribution < 1.29 is 107 Å². The van der Waals surface area contributed by atoms with Gasteiger partial charge in [0.25, 0.3) is 0 Å². The summed E-state index contributed by atoms with van der Waals surface area (Å²) in [5, 5.41) is 0. The van der Waals surface area contributed by atoms with Crippen molar-refractivity contribution in [2.45, 2.75) is 159 Å². The lowest BCUT2D eigenvalue weighted by molar-refractivity contribution is -0.368. The predicted molar refractivity (Wildman–Crippen MR) is 290 cm³/mol. The fraction of sp³-hybridized carbons (Fsp3) is 0.492. The molecule has 4 rings (SSSR count). The van der Waals surface area contributed by atoms with E-state index in [4.69, 9.17) is 0 Å². The first-order valence-corrected chi connectivity index (χ1v) is 27.7. The average molecular weight is 1260 g/mol. The summed E-state index contributed by atoms with van der Waals surface area (Å²) in [7, 11) is -2.77. The minimum absolute atomic E-state index is 0.0159. The van der Waals surface area contributed by atoms with Gasteiger partial charge < -0.3 is 27.9 Å². The van der Waals surface area contributed by atoms with E-state index in [0.29, 0.717) is 61.6 Å². The molecule has 4 aromatic rings. The lowest BCUT2D eigenvalue weighted by Crippen LogP contribution is -2.58. The molecule has 9 nitrogen and oxygen atoms in total. The van der Waals surface area contributed by atoms with Gasteiger partial charge in [-0.1, -0.05) is 99.9 Å². The number of carbonyl (C=O) groups excluding carboxylic acids is 1. The van der Waals surface area contributed by atoms with E-state index in [-0.39, 0.29) is 28.2 Å². The van der Waals surface area contributed by atoms with Gasteiger partial charge in [0.05, 0.1) is 7.11 Å². The Morgan fingerprint density at radius 1 is 0.477 bits per heavy atom. The van der Waals surface area contributed by atoms with E-state index in [0.717, 1.165) is 49.0 Å². The predicted octanol–water partition coefficient (Wildman–Crippen LogP) is 15.8. The topological polar surface area (TPSA) is 107 Å². The second-order valence-corrected chi connectivity index (χ2v) is 21.2. The molecular formula is C61H65F15O9S. The molecule has 0 N–H and O–H groups in total. The van der Waals surface area contributed by atoms with Crippen molar-refractivity contribution >= 4 is 16.1 Å². The molecule has 0 saturated heterocycles. The molecule has 0 spiro atoms. The zero-order chi connectivity index (χ0) is 65.5. The van der Waals surface area contributed by atoms with Gasteiger partial charge in [-0.2, -0.15) is 74.3 Å². The zero-order valence-corrected chi connectivity index (χ0v) is 49.6. The van der Waals surface area contributed by atoms with Gasteiger partial charge in [-0.15, -0.1) is 0 Å². The number of alkyl halides is 15. The summed E-state index contributed by atoms with van der Waals surface area (Å²) >= 11 is 0. The van der Waals surface area contributed by atoms with Gasteiger partial charge in [0.1, 0.15) is 19.3 Å². The third-order valence-corrected chi connectivity index (χ3v) is 15.4. The third-order valence-electron chi connectivity index (χ3n) is 14.5. The van der Waals surface area contributed by atoms with E-state index in [9.17, 15) is 79.1 Å². The number of rotatable bonds is 20. The second kappa shape index (κ2) is 29.5. The zero-order valence-electron chi connectivity index (χ0n) is 48.8. The van der Waals surface area contributed by atoms with E-state index >= 15 is 0 Å². The highest BCUT2D eigenvalue weighted by Crippen LogP contribution is 2.48. The maximum absolute atomic E-state index is 13.7. The highest BCUT2D eigenvalue weighted by Gasteiger charge is 2.73. The largest absolute Gasteiger partial charge is 0.534 e. The van der Waals surface area contributed by atoms with Crippen LogP contribution in [-0.2, 0) is 49.4 Å². The smallest absolute Gasteiger partial charge is 0.469 e. The quantitative estimate of drug-likeness (QED) is 0.0163. The lowest BCUT2D eigenvalue weighted by atomic mass is 9.69. The molecular weight excluding hydrogens is 1190 g/mol. The van der Waals surface area contributed by atoms with Gasteiger partial charge in [0.15, 0.2) is 0 Å². The van der Waals surface area contributed by atoms with Crippen LogP contribution in [0.25, 0.3) is 0 Å². The fourth-order valence-corrected chi connectivity index (χ4v) is 9.85. The summed E-state index contributed by atoms with van der Waals surface area (Å²) in [6.07, 6.45) is -18.9. The first-order valence-electron chi connectivity index (χ1n) is 26.3. The molecule has 0 amide bonds. The number of hydrogen-bond acceptors (Lipinski definition) is 9. The molecule has 0 unspecified atom stereocenters. The van der Waals surface area contributed by atoms with Crippen LogP contribution in [0.4, 0.5) is 65.9 Å². The summed E-state index contributed by atoms with van der Waals surface area (Å²) in [6, 6.07) is 19.1. The minimum atomic E-state index is -5.95. The van der Waals surface area contributed by atoms with Crippen LogP contribution < -0.4 is 4.18 Å². The van der Waals surface area contributed by atoms with Crippen LogP contribution in [0.15, 0.2) is 72.8 Å². The molecule has 4 aromatic carbocycles. The Morgan fingerprint density at radius 2 is 0.814 bits per heavy atom. The molecule has 0 bridgehead atoms. The van der Waals surface area contributed by atoms with Crippen molar-refractivity contribution in [2.24, 2.45) is 0 Å². The number of ether oxygens (including phenoxy) is 5. The van der Waals surface area contributed by atoms with Gasteiger partial charge >= 0.3 is 57.5 Å². The Bertz CT molecular complexity index is 3240. The van der Waals surface area contributed by atoms with E-state index in [1.165, 1.54) is 69.2 Å². The van der Waals surface area contributed by atoms with E-state index in [1.807, 2.05) is 38.8 Å². The first kappa shape index (κ1) is 73.8. The molecule has 0 heterocycles. The van der Waals surface area contributed by atoms with Gasteiger partial charge in [-0.25, -0.2) is 0 Å². The van der Waals surface area contributed by atoms with Crippen molar-refractivity contribution in [1.82, 2.24) is 0 Å². The van der Waals surface area contributed by atoms with Crippen molar-refractivity contribution in [3.63, 3.8) is 0 Å². The van der Waals surface area contributed by atoms with Crippen LogP contribution in [0.2, 0.25) is 0 Å². The van der Waals surface area contributed by atoms with Gasteiger partial charge in [-0.05, 0) is 147 Å². The molecule has 0 atom stereocenters. The first-order chi connectivity index (χ1) is 39.7. The Morgan fingerprint density at radius 3 is 1.10 bits per heavy atom.